The molecule has 92 valence electrons. The lowest BCUT2D eigenvalue weighted by molar-refractivity contribution is 0.581. The molecule has 0 aliphatic rings. The maximum absolute atomic E-state index is 11.8. The lowest BCUT2D eigenvalue weighted by Gasteiger charge is -2.03. The quantitative estimate of drug-likeness (QED) is 0.402. The van der Waals surface area contributed by atoms with Crippen molar-refractivity contribution in [2.75, 3.05) is 11.0 Å². The molecule has 0 aliphatic heterocycles. The third-order valence-electron chi connectivity index (χ3n) is 1.74. The molecule has 0 fully saturated rings. The predicted octanol–water partition coefficient (Wildman–Crippen LogP) is 3.66. The van der Waals surface area contributed by atoms with Crippen molar-refractivity contribution in [1.82, 2.24) is 4.72 Å². The Morgan fingerprint density at radius 3 is 2.69 bits per heavy atom. The number of thiophene rings is 1. The van der Waals surface area contributed by atoms with Gasteiger partial charge in [-0.1, -0.05) is 34.2 Å². The van der Waals surface area contributed by atoms with Gasteiger partial charge in [-0.2, -0.15) is 0 Å². The molecule has 1 N–H and O–H groups in total. The summed E-state index contributed by atoms with van der Waals surface area (Å²) in [6.07, 6.45) is 1.86. The van der Waals surface area contributed by atoms with Crippen molar-refractivity contribution in [3.63, 3.8) is 0 Å². The van der Waals surface area contributed by atoms with Crippen LogP contribution in [0.1, 0.15) is 12.8 Å². The van der Waals surface area contributed by atoms with Crippen LogP contribution >= 0.6 is 61.5 Å². The van der Waals surface area contributed by atoms with E-state index in [1.807, 2.05) is 0 Å². The highest BCUT2D eigenvalue weighted by Crippen LogP contribution is 2.34. The first-order valence-corrected chi connectivity index (χ1v) is 9.47. The summed E-state index contributed by atoms with van der Waals surface area (Å²) in [5, 5.41) is 0.428. The van der Waals surface area contributed by atoms with E-state index < -0.39 is 10.0 Å². The molecule has 1 aromatic rings. The van der Waals surface area contributed by atoms with E-state index in [2.05, 4.69) is 43.2 Å². The van der Waals surface area contributed by atoms with Crippen LogP contribution in [0.25, 0.3) is 0 Å². The van der Waals surface area contributed by atoms with Crippen LogP contribution in [-0.2, 0) is 10.0 Å². The summed E-state index contributed by atoms with van der Waals surface area (Å²) in [5.74, 6) is 0. The minimum absolute atomic E-state index is 0.249. The van der Waals surface area contributed by atoms with Crippen LogP contribution in [0.15, 0.2) is 14.1 Å². The molecule has 0 aliphatic carbocycles. The lowest BCUT2D eigenvalue weighted by atomic mass is 10.3. The zero-order chi connectivity index (χ0) is 12.2. The summed E-state index contributed by atoms with van der Waals surface area (Å²) in [7, 11) is -3.39. The minimum atomic E-state index is -3.39. The van der Waals surface area contributed by atoms with Gasteiger partial charge in [0.1, 0.15) is 4.21 Å². The third kappa shape index (κ3) is 4.41. The summed E-state index contributed by atoms with van der Waals surface area (Å²) in [5.41, 5.74) is 0. The van der Waals surface area contributed by atoms with Gasteiger partial charge in [0.2, 0.25) is 10.0 Å². The van der Waals surface area contributed by atoms with Crippen LogP contribution in [0.5, 0.6) is 0 Å². The standard InChI is InChI=1S/C8H10BrClINO2S2/c9-8-6(10)5-7(15-8)16(13,14)12-4-2-1-3-11/h5,12H,1-4H2. The SMILES string of the molecule is O=S(=O)(NCCCCI)c1cc(Cl)c(Br)s1. The second-order valence-corrected chi connectivity index (χ2v) is 8.83. The molecule has 0 bridgehead atoms. The molecular formula is C8H10BrClINO2S2. The zero-order valence-electron chi connectivity index (χ0n) is 8.17. The van der Waals surface area contributed by atoms with E-state index >= 15 is 0 Å². The molecule has 1 aromatic heterocycles. The molecule has 16 heavy (non-hydrogen) atoms. The highest BCUT2D eigenvalue weighted by molar-refractivity contribution is 14.1. The summed E-state index contributed by atoms with van der Waals surface area (Å²) in [6, 6.07) is 1.46. The number of hydrogen-bond donors (Lipinski definition) is 1. The van der Waals surface area contributed by atoms with Gasteiger partial charge in [0.05, 0.1) is 8.81 Å². The smallest absolute Gasteiger partial charge is 0.210 e. The maximum Gasteiger partial charge on any atom is 0.250 e. The van der Waals surface area contributed by atoms with Crippen molar-refractivity contribution in [3.8, 4) is 0 Å². The molecule has 1 rings (SSSR count). The summed E-state index contributed by atoms with van der Waals surface area (Å²) < 4.78 is 28.0. The number of unbranched alkanes of at least 4 members (excludes halogenated alkanes) is 1. The number of nitrogens with one attached hydrogen (secondary N) is 1. The van der Waals surface area contributed by atoms with Crippen LogP contribution in [-0.4, -0.2) is 19.4 Å². The van der Waals surface area contributed by atoms with Crippen LogP contribution in [0, 0.1) is 0 Å². The Kier molecular flexibility index (Phi) is 6.53. The molecule has 3 nitrogen and oxygen atoms in total. The molecule has 0 unspecified atom stereocenters. The van der Waals surface area contributed by atoms with Crippen molar-refractivity contribution in [3.05, 3.63) is 14.9 Å². The van der Waals surface area contributed by atoms with Crippen molar-refractivity contribution < 1.29 is 8.42 Å². The molecule has 0 aromatic carbocycles. The van der Waals surface area contributed by atoms with Gasteiger partial charge in [-0.3, -0.25) is 0 Å². The number of halogens is 3. The molecule has 0 amide bonds. The van der Waals surface area contributed by atoms with Gasteiger partial charge in [0, 0.05) is 6.54 Å². The summed E-state index contributed by atoms with van der Waals surface area (Å²) in [6.45, 7) is 0.471. The van der Waals surface area contributed by atoms with Gasteiger partial charge >= 0.3 is 0 Å². The minimum Gasteiger partial charge on any atom is -0.210 e. The fraction of sp³-hybridized carbons (Fsp3) is 0.500. The maximum atomic E-state index is 11.8. The first-order chi connectivity index (χ1) is 7.47. The van der Waals surface area contributed by atoms with Crippen molar-refractivity contribution >= 4 is 71.5 Å². The number of alkyl halides is 1. The number of rotatable bonds is 6. The predicted molar refractivity (Wildman–Crippen MR) is 80.3 cm³/mol. The number of hydrogen-bond acceptors (Lipinski definition) is 3. The second-order valence-electron chi connectivity index (χ2n) is 2.98. The molecule has 1 heterocycles. The average molecular weight is 459 g/mol. The number of sulfonamides is 1. The lowest BCUT2D eigenvalue weighted by Crippen LogP contribution is -2.24. The molecule has 0 radical (unpaired) electrons. The van der Waals surface area contributed by atoms with E-state index in [9.17, 15) is 8.42 Å². The molecule has 8 heteroatoms. The highest BCUT2D eigenvalue weighted by Gasteiger charge is 2.18. The Labute approximate surface area is 126 Å². The van der Waals surface area contributed by atoms with Crippen LogP contribution in [0.2, 0.25) is 5.02 Å². The first kappa shape index (κ1) is 15.2. The highest BCUT2D eigenvalue weighted by atomic mass is 127. The van der Waals surface area contributed by atoms with Gasteiger partial charge in [-0.05, 0) is 39.3 Å². The van der Waals surface area contributed by atoms with Crippen LogP contribution in [0.4, 0.5) is 0 Å². The van der Waals surface area contributed by atoms with Crippen LogP contribution in [0.3, 0.4) is 0 Å². The van der Waals surface area contributed by atoms with Crippen molar-refractivity contribution in [2.24, 2.45) is 0 Å². The normalized spacial score (nSPS) is 11.9. The fourth-order valence-corrected chi connectivity index (χ4v) is 5.01. The Balaban J connectivity index is 2.64. The molecular weight excluding hydrogens is 448 g/mol. The Bertz CT molecular complexity index is 429. The van der Waals surface area contributed by atoms with Crippen molar-refractivity contribution in [2.45, 2.75) is 17.1 Å². The summed E-state index contributed by atoms with van der Waals surface area (Å²) in [4.78, 5) is 0. The van der Waals surface area contributed by atoms with Gasteiger partial charge in [0.15, 0.2) is 0 Å². The summed E-state index contributed by atoms with van der Waals surface area (Å²) >= 11 is 12.4. The third-order valence-corrected chi connectivity index (χ3v) is 6.91. The molecule has 0 spiro atoms. The van der Waals surface area contributed by atoms with E-state index in [1.165, 1.54) is 6.07 Å². The first-order valence-electron chi connectivity index (χ1n) is 4.48. The topological polar surface area (TPSA) is 46.2 Å². The van der Waals surface area contributed by atoms with E-state index in [1.54, 1.807) is 0 Å². The Morgan fingerprint density at radius 1 is 1.50 bits per heavy atom. The zero-order valence-corrected chi connectivity index (χ0v) is 14.3. The van der Waals surface area contributed by atoms with Crippen molar-refractivity contribution in [1.29, 1.82) is 0 Å². The van der Waals surface area contributed by atoms with E-state index in [0.717, 1.165) is 28.6 Å². The van der Waals surface area contributed by atoms with E-state index in [4.69, 9.17) is 11.6 Å². The molecule has 0 saturated carbocycles. The largest absolute Gasteiger partial charge is 0.250 e. The molecule has 0 atom stereocenters. The average Bonchev–Trinajstić information content (AvgIpc) is 2.55. The van der Waals surface area contributed by atoms with Gasteiger partial charge < -0.3 is 0 Å². The van der Waals surface area contributed by atoms with Gasteiger partial charge in [-0.15, -0.1) is 11.3 Å². The van der Waals surface area contributed by atoms with E-state index in [0.29, 0.717) is 15.4 Å². The molecule has 0 saturated heterocycles. The van der Waals surface area contributed by atoms with Crippen LogP contribution < -0.4 is 4.72 Å². The Morgan fingerprint density at radius 2 is 2.19 bits per heavy atom. The van der Waals surface area contributed by atoms with Gasteiger partial charge in [-0.25, -0.2) is 13.1 Å². The Hall–Kier alpha value is 1.11. The van der Waals surface area contributed by atoms with E-state index in [-0.39, 0.29) is 4.21 Å². The fourth-order valence-electron chi connectivity index (χ4n) is 0.956. The van der Waals surface area contributed by atoms with Gasteiger partial charge in [0.25, 0.3) is 0 Å². The second kappa shape index (κ2) is 6.89. The monoisotopic (exact) mass is 457 g/mol.